The number of nitrogens with zero attached hydrogens (tertiary/aromatic N) is 1. The number of anilines is 1. The maximum atomic E-state index is 12.4. The van der Waals surface area contributed by atoms with Crippen molar-refractivity contribution in [1.82, 2.24) is 4.72 Å². The van der Waals surface area contributed by atoms with Gasteiger partial charge in [0, 0.05) is 13.1 Å². The molecule has 8 heteroatoms. The molecule has 7 nitrogen and oxygen atoms in total. The Morgan fingerprint density at radius 2 is 2.00 bits per heavy atom. The van der Waals surface area contributed by atoms with Crippen LogP contribution >= 0.6 is 0 Å². The Labute approximate surface area is 139 Å². The first-order valence-electron chi connectivity index (χ1n) is 7.62. The van der Waals surface area contributed by atoms with E-state index < -0.39 is 16.0 Å². The first kappa shape index (κ1) is 16.5. The molecule has 1 aliphatic rings. The highest BCUT2D eigenvalue weighted by molar-refractivity contribution is 7.89. The molecule has 2 N–H and O–H groups in total. The predicted molar refractivity (Wildman–Crippen MR) is 87.6 cm³/mol. The zero-order chi connectivity index (χ0) is 17.2. The number of rotatable bonds is 6. The summed E-state index contributed by atoms with van der Waals surface area (Å²) in [5.41, 5.74) is 0.558. The Bertz CT molecular complexity index is 824. The Morgan fingerprint density at radius 3 is 2.62 bits per heavy atom. The van der Waals surface area contributed by atoms with Crippen molar-refractivity contribution in [3.8, 4) is 0 Å². The number of carbonyl (C=O) groups is 1. The molecular formula is C16H18N2O5S. The maximum absolute atomic E-state index is 12.4. The predicted octanol–water partition coefficient (Wildman–Crippen LogP) is 2.06. The van der Waals surface area contributed by atoms with Crippen molar-refractivity contribution in [3.05, 3.63) is 47.9 Å². The van der Waals surface area contributed by atoms with Gasteiger partial charge >= 0.3 is 5.97 Å². The summed E-state index contributed by atoms with van der Waals surface area (Å²) in [7, 11) is -3.82. The van der Waals surface area contributed by atoms with Gasteiger partial charge in [0.2, 0.25) is 10.0 Å². The third kappa shape index (κ3) is 3.44. The van der Waals surface area contributed by atoms with Crippen molar-refractivity contribution >= 4 is 21.7 Å². The molecular weight excluding hydrogens is 332 g/mol. The second kappa shape index (κ2) is 6.66. The second-order valence-electron chi connectivity index (χ2n) is 5.58. The quantitative estimate of drug-likeness (QED) is 0.827. The van der Waals surface area contributed by atoms with Crippen molar-refractivity contribution in [2.75, 3.05) is 18.0 Å². The van der Waals surface area contributed by atoms with Gasteiger partial charge in [0.25, 0.3) is 0 Å². The number of benzene rings is 1. The molecule has 1 aromatic carbocycles. The molecule has 0 amide bonds. The summed E-state index contributed by atoms with van der Waals surface area (Å²) in [5, 5.41) is 9.44. The zero-order valence-electron chi connectivity index (χ0n) is 12.9. The minimum Gasteiger partial charge on any atom is -0.478 e. The summed E-state index contributed by atoms with van der Waals surface area (Å²) >= 11 is 0. The van der Waals surface area contributed by atoms with Crippen molar-refractivity contribution in [2.24, 2.45) is 0 Å². The van der Waals surface area contributed by atoms with Crippen LogP contribution in [-0.2, 0) is 16.6 Å². The maximum Gasteiger partial charge on any atom is 0.337 e. The topological polar surface area (TPSA) is 99.8 Å². The molecule has 0 bridgehead atoms. The van der Waals surface area contributed by atoms with Gasteiger partial charge in [0.05, 0.1) is 29.0 Å². The van der Waals surface area contributed by atoms with Gasteiger partial charge in [-0.2, -0.15) is 0 Å². The van der Waals surface area contributed by atoms with E-state index in [1.165, 1.54) is 18.4 Å². The van der Waals surface area contributed by atoms with Gasteiger partial charge in [-0.25, -0.2) is 17.9 Å². The average Bonchev–Trinajstić information content (AvgIpc) is 3.26. The van der Waals surface area contributed by atoms with Crippen LogP contribution in [0.15, 0.2) is 45.9 Å². The monoisotopic (exact) mass is 350 g/mol. The molecule has 2 heterocycles. The van der Waals surface area contributed by atoms with Gasteiger partial charge in [0.15, 0.2) is 0 Å². The highest BCUT2D eigenvalue weighted by Gasteiger charge is 2.23. The van der Waals surface area contributed by atoms with E-state index in [1.54, 1.807) is 18.2 Å². The lowest BCUT2D eigenvalue weighted by Crippen LogP contribution is -2.24. The van der Waals surface area contributed by atoms with Crippen LogP contribution in [0.5, 0.6) is 0 Å². The van der Waals surface area contributed by atoms with Crippen molar-refractivity contribution in [2.45, 2.75) is 24.3 Å². The summed E-state index contributed by atoms with van der Waals surface area (Å²) in [5.74, 6) is -0.661. The second-order valence-corrected chi connectivity index (χ2v) is 7.35. The molecule has 2 aromatic rings. The van der Waals surface area contributed by atoms with Gasteiger partial charge in [-0.15, -0.1) is 0 Å². The lowest BCUT2D eigenvalue weighted by molar-refractivity contribution is 0.0697. The number of nitrogens with one attached hydrogen (secondary N) is 1. The molecule has 0 spiro atoms. The van der Waals surface area contributed by atoms with Crippen molar-refractivity contribution < 1.29 is 22.7 Å². The van der Waals surface area contributed by atoms with E-state index >= 15 is 0 Å². The summed E-state index contributed by atoms with van der Waals surface area (Å²) in [6.07, 6.45) is 3.46. The van der Waals surface area contributed by atoms with Crippen LogP contribution in [0.3, 0.4) is 0 Å². The van der Waals surface area contributed by atoms with Gasteiger partial charge in [-0.1, -0.05) is 0 Å². The third-order valence-corrected chi connectivity index (χ3v) is 5.37. The number of hydrogen-bond acceptors (Lipinski definition) is 5. The molecule has 128 valence electrons. The largest absolute Gasteiger partial charge is 0.478 e. The van der Waals surface area contributed by atoms with E-state index in [0.29, 0.717) is 11.4 Å². The van der Waals surface area contributed by atoms with Crippen LogP contribution in [0.1, 0.15) is 29.0 Å². The van der Waals surface area contributed by atoms with E-state index in [4.69, 9.17) is 4.42 Å². The number of carboxylic acids is 1. The van der Waals surface area contributed by atoms with E-state index in [-0.39, 0.29) is 17.0 Å². The lowest BCUT2D eigenvalue weighted by atomic mass is 10.1. The first-order chi connectivity index (χ1) is 11.5. The first-order valence-corrected chi connectivity index (χ1v) is 9.10. The Morgan fingerprint density at radius 1 is 1.25 bits per heavy atom. The summed E-state index contributed by atoms with van der Waals surface area (Å²) in [6.45, 7) is 1.57. The average molecular weight is 350 g/mol. The van der Waals surface area contributed by atoms with E-state index in [0.717, 1.165) is 25.9 Å². The molecule has 0 aliphatic carbocycles. The highest BCUT2D eigenvalue weighted by Crippen LogP contribution is 2.27. The van der Waals surface area contributed by atoms with Gasteiger partial charge in [-0.05, 0) is 43.2 Å². The van der Waals surface area contributed by atoms with Crippen LogP contribution < -0.4 is 9.62 Å². The Balaban J connectivity index is 1.87. The van der Waals surface area contributed by atoms with Gasteiger partial charge in [-0.3, -0.25) is 0 Å². The lowest BCUT2D eigenvalue weighted by Gasteiger charge is -2.20. The molecule has 0 unspecified atom stereocenters. The Hall–Kier alpha value is -2.32. The number of hydrogen-bond donors (Lipinski definition) is 2. The molecule has 3 rings (SSSR count). The van der Waals surface area contributed by atoms with E-state index in [1.807, 2.05) is 4.90 Å². The van der Waals surface area contributed by atoms with Crippen LogP contribution in [0, 0.1) is 0 Å². The minimum absolute atomic E-state index is 0.00206. The van der Waals surface area contributed by atoms with Gasteiger partial charge in [0.1, 0.15) is 5.76 Å². The fourth-order valence-electron chi connectivity index (χ4n) is 2.75. The molecule has 0 saturated carbocycles. The number of furan rings is 1. The van der Waals surface area contributed by atoms with Crippen molar-refractivity contribution in [1.29, 1.82) is 0 Å². The smallest absolute Gasteiger partial charge is 0.337 e. The van der Waals surface area contributed by atoms with E-state index in [9.17, 15) is 18.3 Å². The molecule has 1 fully saturated rings. The summed E-state index contributed by atoms with van der Waals surface area (Å²) in [4.78, 5) is 13.4. The molecule has 1 aromatic heterocycles. The number of carboxylic acid groups (broad SMARTS) is 1. The van der Waals surface area contributed by atoms with Crippen LogP contribution in [0.2, 0.25) is 0 Å². The zero-order valence-corrected chi connectivity index (χ0v) is 13.8. The Kier molecular flexibility index (Phi) is 4.59. The minimum atomic E-state index is -3.82. The molecule has 24 heavy (non-hydrogen) atoms. The third-order valence-electron chi connectivity index (χ3n) is 3.97. The standard InChI is InChI=1S/C16H18N2O5S/c19-16(20)14-10-13(5-6-15(14)18-7-1-2-8-18)24(21,22)17-11-12-4-3-9-23-12/h3-6,9-10,17H,1-2,7-8,11H2,(H,19,20). The van der Waals surface area contributed by atoms with Crippen molar-refractivity contribution in [3.63, 3.8) is 0 Å². The molecule has 0 radical (unpaired) electrons. The van der Waals surface area contributed by atoms with E-state index in [2.05, 4.69) is 4.72 Å². The fraction of sp³-hybridized carbons (Fsp3) is 0.312. The van der Waals surface area contributed by atoms with Gasteiger partial charge < -0.3 is 14.4 Å². The molecule has 1 saturated heterocycles. The van der Waals surface area contributed by atoms with Crippen LogP contribution in [-0.4, -0.2) is 32.6 Å². The van der Waals surface area contributed by atoms with Crippen LogP contribution in [0.25, 0.3) is 0 Å². The highest BCUT2D eigenvalue weighted by atomic mass is 32.2. The summed E-state index contributed by atoms with van der Waals surface area (Å²) in [6, 6.07) is 7.53. The summed E-state index contributed by atoms with van der Waals surface area (Å²) < 4.78 is 32.2. The number of sulfonamides is 1. The van der Waals surface area contributed by atoms with Crippen LogP contribution in [0.4, 0.5) is 5.69 Å². The molecule has 1 aliphatic heterocycles. The molecule has 0 atom stereocenters. The normalized spacial score (nSPS) is 14.9. The fourth-order valence-corrected chi connectivity index (χ4v) is 3.77. The number of aromatic carboxylic acids is 1. The SMILES string of the molecule is O=C(O)c1cc(S(=O)(=O)NCc2ccco2)ccc1N1CCCC1.